The second-order valence-corrected chi connectivity index (χ2v) is 16.1. The molecule has 0 rings (SSSR count). The molecule has 0 fully saturated rings. The molecule has 0 aliphatic heterocycles. The first kappa shape index (κ1) is 14.9. The van der Waals surface area contributed by atoms with Gasteiger partial charge in [-0.1, -0.05) is 46.2 Å². The Labute approximate surface area is 95.7 Å². The maximum Gasteiger partial charge on any atom is 0.319 e. The minimum Gasteiger partial charge on any atom is -0.480 e. The molecule has 15 heavy (non-hydrogen) atoms. The van der Waals surface area contributed by atoms with Crippen LogP contribution >= 0.6 is 0 Å². The minimum absolute atomic E-state index is 0.289. The Balaban J connectivity index is 5.19. The van der Waals surface area contributed by atoms with Crippen LogP contribution in [0.4, 0.5) is 0 Å². The molecule has 1 unspecified atom stereocenters. The zero-order chi connectivity index (χ0) is 12.4. The van der Waals surface area contributed by atoms with Crippen molar-refractivity contribution in [1.82, 2.24) is 4.23 Å². The van der Waals surface area contributed by atoms with Crippen LogP contribution in [0.15, 0.2) is 0 Å². The molecule has 0 saturated heterocycles. The lowest BCUT2D eigenvalue weighted by atomic mass is 10.2. The lowest BCUT2D eigenvalue weighted by Crippen LogP contribution is -2.65. The summed E-state index contributed by atoms with van der Waals surface area (Å²) in [5.74, 6) is -0.664. The number of nitrogens with zero attached hydrogens (tertiary/aromatic N) is 1. The maximum absolute atomic E-state index is 11.3. The number of hydrogen-bond acceptors (Lipinski definition) is 2. The molecule has 0 radical (unpaired) electrons. The van der Waals surface area contributed by atoms with Crippen LogP contribution in [-0.2, 0) is 4.79 Å². The SMILES string of the molecule is CCC(C(=O)O)N([Si](C)(C)C)[Si](C)(C)C. The van der Waals surface area contributed by atoms with Crippen LogP contribution in [0.2, 0.25) is 39.3 Å². The normalized spacial score (nSPS) is 15.5. The van der Waals surface area contributed by atoms with Crippen LogP contribution in [0.1, 0.15) is 13.3 Å². The van der Waals surface area contributed by atoms with Gasteiger partial charge in [0.25, 0.3) is 0 Å². The third kappa shape index (κ3) is 4.08. The number of carbonyl (C=O) groups is 1. The van der Waals surface area contributed by atoms with Gasteiger partial charge >= 0.3 is 5.97 Å². The molecular weight excluding hydrogens is 222 g/mol. The quantitative estimate of drug-likeness (QED) is 0.760. The van der Waals surface area contributed by atoms with Crippen LogP contribution in [0, 0.1) is 0 Å². The van der Waals surface area contributed by atoms with E-state index in [2.05, 4.69) is 43.5 Å². The lowest BCUT2D eigenvalue weighted by Gasteiger charge is -2.46. The number of carboxylic acid groups (broad SMARTS) is 1. The highest BCUT2D eigenvalue weighted by atomic mass is 28.4. The zero-order valence-corrected chi connectivity index (χ0v) is 13.1. The van der Waals surface area contributed by atoms with E-state index in [1.807, 2.05) is 6.92 Å². The highest BCUT2D eigenvalue weighted by Gasteiger charge is 2.41. The van der Waals surface area contributed by atoms with Crippen LogP contribution < -0.4 is 0 Å². The Morgan fingerprint density at radius 3 is 1.53 bits per heavy atom. The van der Waals surface area contributed by atoms with E-state index >= 15 is 0 Å². The largest absolute Gasteiger partial charge is 0.480 e. The van der Waals surface area contributed by atoms with Crippen molar-refractivity contribution in [2.45, 2.75) is 58.7 Å². The van der Waals surface area contributed by atoms with Gasteiger partial charge in [-0.2, -0.15) is 0 Å². The molecule has 1 atom stereocenters. The zero-order valence-electron chi connectivity index (χ0n) is 11.1. The van der Waals surface area contributed by atoms with Crippen molar-refractivity contribution in [2.24, 2.45) is 0 Å². The van der Waals surface area contributed by atoms with E-state index in [-0.39, 0.29) is 6.04 Å². The van der Waals surface area contributed by atoms with Gasteiger partial charge in [0.05, 0.1) is 6.04 Å². The van der Waals surface area contributed by atoms with Gasteiger partial charge in [-0.05, 0) is 6.42 Å². The van der Waals surface area contributed by atoms with Crippen LogP contribution in [0.25, 0.3) is 0 Å². The van der Waals surface area contributed by atoms with E-state index in [1.165, 1.54) is 0 Å². The summed E-state index contributed by atoms with van der Waals surface area (Å²) in [7, 11) is -3.11. The standard InChI is InChI=1S/C10H25NO2Si2/c1-8-9(10(12)13)11(14(2,3)4)15(5,6)7/h9H,8H2,1-7H3,(H,12,13). The first-order valence-corrected chi connectivity index (χ1v) is 12.4. The van der Waals surface area contributed by atoms with Gasteiger partial charge in [-0.25, -0.2) is 0 Å². The first-order valence-electron chi connectivity index (χ1n) is 5.54. The molecule has 0 aliphatic carbocycles. The van der Waals surface area contributed by atoms with Gasteiger partial charge in [0.15, 0.2) is 0 Å². The molecule has 0 saturated carbocycles. The second-order valence-electron chi connectivity index (χ2n) is 5.97. The summed E-state index contributed by atoms with van der Waals surface area (Å²) in [5.41, 5.74) is 0. The average molecular weight is 247 g/mol. The molecule has 0 bridgehead atoms. The average Bonchev–Trinajstić information content (AvgIpc) is 1.93. The van der Waals surface area contributed by atoms with E-state index in [0.29, 0.717) is 6.42 Å². The summed E-state index contributed by atoms with van der Waals surface area (Å²) in [5, 5.41) is 9.27. The number of carboxylic acids is 1. The van der Waals surface area contributed by atoms with Gasteiger partial charge in [-0.3, -0.25) is 4.79 Å². The molecule has 0 spiro atoms. The molecule has 0 aromatic rings. The molecule has 0 aromatic carbocycles. The Morgan fingerprint density at radius 1 is 1.13 bits per heavy atom. The van der Waals surface area contributed by atoms with Crippen molar-refractivity contribution in [2.75, 3.05) is 0 Å². The number of aliphatic carboxylic acids is 1. The van der Waals surface area contributed by atoms with Gasteiger partial charge < -0.3 is 9.34 Å². The molecule has 0 heterocycles. The molecule has 0 amide bonds. The fourth-order valence-corrected chi connectivity index (χ4v) is 12.9. The predicted octanol–water partition coefficient (Wildman–Crippen LogP) is 2.82. The van der Waals surface area contributed by atoms with E-state index in [9.17, 15) is 9.90 Å². The van der Waals surface area contributed by atoms with Crippen molar-refractivity contribution in [3.63, 3.8) is 0 Å². The second kappa shape index (κ2) is 4.80. The van der Waals surface area contributed by atoms with Crippen LogP contribution in [0.3, 0.4) is 0 Å². The van der Waals surface area contributed by atoms with Crippen molar-refractivity contribution in [3.8, 4) is 0 Å². The van der Waals surface area contributed by atoms with Crippen molar-refractivity contribution >= 4 is 22.4 Å². The molecule has 0 aliphatic rings. The Hall–Kier alpha value is -0.136. The van der Waals surface area contributed by atoms with E-state index < -0.39 is 22.4 Å². The summed E-state index contributed by atoms with van der Waals surface area (Å²) in [4.78, 5) is 11.3. The van der Waals surface area contributed by atoms with E-state index in [1.54, 1.807) is 0 Å². The Bertz CT molecular complexity index is 217. The smallest absolute Gasteiger partial charge is 0.319 e. The van der Waals surface area contributed by atoms with Gasteiger partial charge in [0.2, 0.25) is 0 Å². The molecule has 0 aromatic heterocycles. The third-order valence-corrected chi connectivity index (χ3v) is 9.97. The number of rotatable bonds is 5. The fraction of sp³-hybridized carbons (Fsp3) is 0.900. The van der Waals surface area contributed by atoms with E-state index in [0.717, 1.165) is 0 Å². The first-order chi connectivity index (χ1) is 6.51. The summed E-state index contributed by atoms with van der Waals surface area (Å²) >= 11 is 0. The predicted molar refractivity (Wildman–Crippen MR) is 70.2 cm³/mol. The monoisotopic (exact) mass is 247 g/mol. The number of hydrogen-bond donors (Lipinski definition) is 1. The van der Waals surface area contributed by atoms with Gasteiger partial charge in [-0.15, -0.1) is 0 Å². The van der Waals surface area contributed by atoms with Crippen molar-refractivity contribution < 1.29 is 9.90 Å². The van der Waals surface area contributed by atoms with Gasteiger partial charge in [0.1, 0.15) is 16.5 Å². The highest BCUT2D eigenvalue weighted by Crippen LogP contribution is 2.24. The molecule has 90 valence electrons. The Morgan fingerprint density at radius 2 is 1.47 bits per heavy atom. The summed E-state index contributed by atoms with van der Waals surface area (Å²) in [6.45, 7) is 15.4. The Kier molecular flexibility index (Phi) is 4.76. The summed E-state index contributed by atoms with van der Waals surface area (Å²) < 4.78 is 2.35. The maximum atomic E-state index is 11.3. The summed E-state index contributed by atoms with van der Waals surface area (Å²) in [6, 6.07) is -0.289. The van der Waals surface area contributed by atoms with E-state index in [4.69, 9.17) is 0 Å². The molecule has 3 nitrogen and oxygen atoms in total. The molecule has 5 heteroatoms. The van der Waals surface area contributed by atoms with Crippen LogP contribution in [-0.4, -0.2) is 37.8 Å². The van der Waals surface area contributed by atoms with Crippen molar-refractivity contribution in [3.05, 3.63) is 0 Å². The van der Waals surface area contributed by atoms with Crippen molar-refractivity contribution in [1.29, 1.82) is 0 Å². The van der Waals surface area contributed by atoms with Crippen LogP contribution in [0.5, 0.6) is 0 Å². The fourth-order valence-electron chi connectivity index (χ4n) is 2.41. The lowest BCUT2D eigenvalue weighted by molar-refractivity contribution is -0.140. The summed E-state index contributed by atoms with van der Waals surface area (Å²) in [6.07, 6.45) is 0.698. The molecule has 1 N–H and O–H groups in total. The topological polar surface area (TPSA) is 40.5 Å². The molecular formula is C10H25NO2Si2. The third-order valence-electron chi connectivity index (χ3n) is 2.43. The minimum atomic E-state index is -1.55. The van der Waals surface area contributed by atoms with Gasteiger partial charge in [0, 0.05) is 0 Å². The highest BCUT2D eigenvalue weighted by molar-refractivity contribution is 6.89.